The maximum atomic E-state index is 10.8. The standard InChI is InChI=1S/C7H8N2O2/c1-5(11)6-3-9(2)8-7(6)4-10/h3-4H,1-2H3. The van der Waals surface area contributed by atoms with E-state index in [1.807, 2.05) is 0 Å². The molecule has 11 heavy (non-hydrogen) atoms. The van der Waals surface area contributed by atoms with Gasteiger partial charge in [-0.2, -0.15) is 5.10 Å². The molecule has 0 spiro atoms. The molecule has 4 nitrogen and oxygen atoms in total. The second-order valence-electron chi connectivity index (χ2n) is 2.28. The number of aryl methyl sites for hydroxylation is 1. The Morgan fingerprint density at radius 1 is 1.73 bits per heavy atom. The Kier molecular flexibility index (Phi) is 1.85. The summed E-state index contributed by atoms with van der Waals surface area (Å²) >= 11 is 0. The van der Waals surface area contributed by atoms with Crippen molar-refractivity contribution < 1.29 is 9.59 Å². The first-order valence-electron chi connectivity index (χ1n) is 3.15. The summed E-state index contributed by atoms with van der Waals surface area (Å²) in [4.78, 5) is 21.1. The van der Waals surface area contributed by atoms with Gasteiger partial charge in [0.25, 0.3) is 0 Å². The van der Waals surface area contributed by atoms with Gasteiger partial charge >= 0.3 is 0 Å². The van der Waals surface area contributed by atoms with Gasteiger partial charge in [0.1, 0.15) is 5.69 Å². The van der Waals surface area contributed by atoms with Gasteiger partial charge in [-0.05, 0) is 6.92 Å². The van der Waals surface area contributed by atoms with Crippen LogP contribution in [0.2, 0.25) is 0 Å². The quantitative estimate of drug-likeness (QED) is 0.456. The minimum absolute atomic E-state index is 0.139. The highest BCUT2D eigenvalue weighted by atomic mass is 16.1. The van der Waals surface area contributed by atoms with Crippen molar-refractivity contribution in [1.82, 2.24) is 9.78 Å². The highest BCUT2D eigenvalue weighted by molar-refractivity contribution is 6.00. The van der Waals surface area contributed by atoms with Crippen LogP contribution in [0.4, 0.5) is 0 Å². The lowest BCUT2D eigenvalue weighted by atomic mass is 10.2. The minimum atomic E-state index is -0.139. The summed E-state index contributed by atoms with van der Waals surface area (Å²) in [6, 6.07) is 0. The summed E-state index contributed by atoms with van der Waals surface area (Å²) in [5.74, 6) is -0.139. The topological polar surface area (TPSA) is 52.0 Å². The smallest absolute Gasteiger partial charge is 0.171 e. The summed E-state index contributed by atoms with van der Waals surface area (Å²) in [6.45, 7) is 1.41. The summed E-state index contributed by atoms with van der Waals surface area (Å²) in [7, 11) is 1.67. The van der Waals surface area contributed by atoms with Crippen molar-refractivity contribution >= 4 is 12.1 Å². The van der Waals surface area contributed by atoms with Crippen LogP contribution in [-0.2, 0) is 7.05 Å². The number of aromatic nitrogens is 2. The highest BCUT2D eigenvalue weighted by Crippen LogP contribution is 2.03. The van der Waals surface area contributed by atoms with Gasteiger partial charge in [-0.1, -0.05) is 0 Å². The largest absolute Gasteiger partial charge is 0.296 e. The van der Waals surface area contributed by atoms with Crippen molar-refractivity contribution in [3.63, 3.8) is 0 Å². The Hall–Kier alpha value is -1.45. The lowest BCUT2D eigenvalue weighted by Crippen LogP contribution is -1.94. The average molecular weight is 152 g/mol. The zero-order valence-electron chi connectivity index (χ0n) is 6.37. The lowest BCUT2D eigenvalue weighted by molar-refractivity contribution is 0.100. The molecule has 4 heteroatoms. The summed E-state index contributed by atoms with van der Waals surface area (Å²) in [5, 5.41) is 3.78. The third kappa shape index (κ3) is 1.34. The van der Waals surface area contributed by atoms with E-state index >= 15 is 0 Å². The molecule has 0 radical (unpaired) electrons. The molecule has 0 N–H and O–H groups in total. The highest BCUT2D eigenvalue weighted by Gasteiger charge is 2.09. The van der Waals surface area contributed by atoms with Crippen molar-refractivity contribution in [3.05, 3.63) is 17.5 Å². The molecule has 0 bridgehead atoms. The van der Waals surface area contributed by atoms with Gasteiger partial charge in [0.15, 0.2) is 12.1 Å². The van der Waals surface area contributed by atoms with Gasteiger partial charge in [-0.25, -0.2) is 0 Å². The molecule has 0 aromatic carbocycles. The van der Waals surface area contributed by atoms with E-state index in [1.165, 1.54) is 17.8 Å². The number of Topliss-reactive ketones (excluding diaryl/α,β-unsaturated/α-hetero) is 1. The molecular formula is C7H8N2O2. The molecular weight excluding hydrogens is 144 g/mol. The fraction of sp³-hybridized carbons (Fsp3) is 0.286. The molecule has 58 valence electrons. The van der Waals surface area contributed by atoms with Gasteiger partial charge in [0.05, 0.1) is 5.56 Å². The molecule has 0 aliphatic heterocycles. The molecule has 0 unspecified atom stereocenters. The first-order valence-corrected chi connectivity index (χ1v) is 3.15. The minimum Gasteiger partial charge on any atom is -0.296 e. The first-order chi connectivity index (χ1) is 5.15. The molecule has 0 saturated heterocycles. The molecule has 0 aliphatic rings. The van der Waals surface area contributed by atoms with Gasteiger partial charge in [0.2, 0.25) is 0 Å². The first kappa shape index (κ1) is 7.65. The Bertz CT molecular complexity index is 301. The van der Waals surface area contributed by atoms with E-state index in [9.17, 15) is 9.59 Å². The van der Waals surface area contributed by atoms with Crippen LogP contribution in [0.3, 0.4) is 0 Å². The van der Waals surface area contributed by atoms with E-state index < -0.39 is 0 Å². The van der Waals surface area contributed by atoms with Crippen molar-refractivity contribution in [2.45, 2.75) is 6.92 Å². The molecule has 0 amide bonds. The fourth-order valence-corrected chi connectivity index (χ4v) is 0.864. The summed E-state index contributed by atoms with van der Waals surface area (Å²) in [5.41, 5.74) is 0.586. The van der Waals surface area contributed by atoms with E-state index in [-0.39, 0.29) is 11.5 Å². The van der Waals surface area contributed by atoms with Crippen LogP contribution < -0.4 is 0 Å². The molecule has 1 aromatic rings. The number of hydrogen-bond donors (Lipinski definition) is 0. The second-order valence-corrected chi connectivity index (χ2v) is 2.28. The second kappa shape index (κ2) is 2.65. The van der Waals surface area contributed by atoms with Gasteiger partial charge in [0, 0.05) is 13.2 Å². The number of hydrogen-bond acceptors (Lipinski definition) is 3. The third-order valence-corrected chi connectivity index (χ3v) is 1.35. The normalized spacial score (nSPS) is 9.64. The van der Waals surface area contributed by atoms with Gasteiger partial charge in [-0.15, -0.1) is 0 Å². The van der Waals surface area contributed by atoms with Crippen molar-refractivity contribution in [2.75, 3.05) is 0 Å². The molecule has 1 heterocycles. The van der Waals surface area contributed by atoms with Crippen LogP contribution in [0.5, 0.6) is 0 Å². The predicted molar refractivity (Wildman–Crippen MR) is 38.6 cm³/mol. The molecule has 0 saturated carbocycles. The average Bonchev–Trinajstić information content (AvgIpc) is 2.30. The maximum Gasteiger partial charge on any atom is 0.171 e. The predicted octanol–water partition coefficient (Wildman–Crippen LogP) is 0.435. The molecule has 1 rings (SSSR count). The monoisotopic (exact) mass is 152 g/mol. The van der Waals surface area contributed by atoms with E-state index in [0.717, 1.165) is 0 Å². The Labute approximate surface area is 63.8 Å². The van der Waals surface area contributed by atoms with E-state index in [2.05, 4.69) is 5.10 Å². The van der Waals surface area contributed by atoms with Crippen LogP contribution in [0.1, 0.15) is 27.8 Å². The third-order valence-electron chi connectivity index (χ3n) is 1.35. The number of ketones is 1. The van der Waals surface area contributed by atoms with E-state index in [4.69, 9.17) is 0 Å². The van der Waals surface area contributed by atoms with Crippen molar-refractivity contribution in [3.8, 4) is 0 Å². The zero-order chi connectivity index (χ0) is 8.43. The summed E-state index contributed by atoms with van der Waals surface area (Å²) < 4.78 is 1.44. The lowest BCUT2D eigenvalue weighted by Gasteiger charge is -1.84. The molecule has 0 fully saturated rings. The molecule has 0 aliphatic carbocycles. The van der Waals surface area contributed by atoms with E-state index in [1.54, 1.807) is 7.05 Å². The Balaban J connectivity index is 3.22. The SMILES string of the molecule is CC(=O)c1cn(C)nc1C=O. The number of carbonyl (C=O) groups is 2. The number of rotatable bonds is 2. The van der Waals surface area contributed by atoms with Gasteiger partial charge < -0.3 is 0 Å². The molecule has 0 atom stereocenters. The Morgan fingerprint density at radius 2 is 2.36 bits per heavy atom. The van der Waals surface area contributed by atoms with Crippen LogP contribution >= 0.6 is 0 Å². The van der Waals surface area contributed by atoms with Crippen LogP contribution in [0.15, 0.2) is 6.20 Å². The van der Waals surface area contributed by atoms with Crippen molar-refractivity contribution in [1.29, 1.82) is 0 Å². The zero-order valence-corrected chi connectivity index (χ0v) is 6.37. The number of nitrogens with zero attached hydrogens (tertiary/aromatic N) is 2. The van der Waals surface area contributed by atoms with Crippen LogP contribution in [-0.4, -0.2) is 21.8 Å². The van der Waals surface area contributed by atoms with Crippen LogP contribution in [0, 0.1) is 0 Å². The van der Waals surface area contributed by atoms with E-state index in [0.29, 0.717) is 11.8 Å². The van der Waals surface area contributed by atoms with Crippen LogP contribution in [0.25, 0.3) is 0 Å². The fourth-order valence-electron chi connectivity index (χ4n) is 0.864. The number of aldehydes is 1. The Morgan fingerprint density at radius 3 is 2.73 bits per heavy atom. The maximum absolute atomic E-state index is 10.8. The molecule has 1 aromatic heterocycles. The number of carbonyl (C=O) groups excluding carboxylic acids is 2. The van der Waals surface area contributed by atoms with Crippen molar-refractivity contribution in [2.24, 2.45) is 7.05 Å². The van der Waals surface area contributed by atoms with Gasteiger partial charge in [-0.3, -0.25) is 14.3 Å². The summed E-state index contributed by atoms with van der Waals surface area (Å²) in [6.07, 6.45) is 2.11.